The fourth-order valence-corrected chi connectivity index (χ4v) is 6.29. The number of likely N-dealkylation sites (tertiary alicyclic amines) is 1. The monoisotopic (exact) mass is 484 g/mol. The Labute approximate surface area is 203 Å². The first-order chi connectivity index (χ1) is 16.2. The Morgan fingerprint density at radius 3 is 2.41 bits per heavy atom. The highest BCUT2D eigenvalue weighted by Crippen LogP contribution is 2.32. The van der Waals surface area contributed by atoms with Gasteiger partial charge < -0.3 is 15.1 Å². The fourth-order valence-electron chi connectivity index (χ4n) is 4.91. The van der Waals surface area contributed by atoms with Gasteiger partial charge in [0.2, 0.25) is 0 Å². The van der Waals surface area contributed by atoms with Crippen LogP contribution in [0.4, 0.5) is 11.4 Å². The lowest BCUT2D eigenvalue weighted by atomic mass is 9.99. The van der Waals surface area contributed by atoms with Crippen molar-refractivity contribution in [3.05, 3.63) is 52.6 Å². The van der Waals surface area contributed by atoms with E-state index in [0.717, 1.165) is 68.9 Å². The van der Waals surface area contributed by atoms with Crippen molar-refractivity contribution < 1.29 is 13.2 Å². The predicted octanol–water partition coefficient (Wildman–Crippen LogP) is 3.69. The third-order valence-electron chi connectivity index (χ3n) is 6.97. The molecule has 4 rings (SSSR count). The maximum atomic E-state index is 13.5. The Hall–Kier alpha value is -2.58. The van der Waals surface area contributed by atoms with E-state index in [2.05, 4.69) is 21.9 Å². The first-order valence-electron chi connectivity index (χ1n) is 12.2. The van der Waals surface area contributed by atoms with Crippen LogP contribution in [0.2, 0.25) is 0 Å². The van der Waals surface area contributed by atoms with E-state index in [1.807, 2.05) is 43.9 Å². The molecule has 0 aromatic heterocycles. The summed E-state index contributed by atoms with van der Waals surface area (Å²) in [4.78, 5) is 17.6. The van der Waals surface area contributed by atoms with E-state index in [4.69, 9.17) is 0 Å². The maximum absolute atomic E-state index is 13.5. The minimum Gasteiger partial charge on any atom is -0.367 e. The second-order valence-corrected chi connectivity index (χ2v) is 11.4. The summed E-state index contributed by atoms with van der Waals surface area (Å²) in [5.74, 6) is 0.435. The van der Waals surface area contributed by atoms with Crippen LogP contribution in [-0.2, 0) is 10.0 Å². The van der Waals surface area contributed by atoms with Gasteiger partial charge in [0.05, 0.1) is 16.3 Å². The van der Waals surface area contributed by atoms with Gasteiger partial charge in [-0.15, -0.1) is 0 Å². The molecular formula is C26H36N4O3S. The van der Waals surface area contributed by atoms with E-state index in [9.17, 15) is 13.2 Å². The van der Waals surface area contributed by atoms with Crippen LogP contribution < -0.4 is 14.9 Å². The number of rotatable bonds is 5. The molecule has 0 radical (unpaired) electrons. The van der Waals surface area contributed by atoms with Gasteiger partial charge in [0.25, 0.3) is 15.9 Å². The number of hydrogen-bond donors (Lipinski definition) is 2. The maximum Gasteiger partial charge on any atom is 0.262 e. The van der Waals surface area contributed by atoms with Crippen LogP contribution in [0.3, 0.4) is 0 Å². The third-order valence-corrected chi connectivity index (χ3v) is 8.48. The van der Waals surface area contributed by atoms with Gasteiger partial charge in [-0.3, -0.25) is 9.52 Å². The molecule has 2 aromatic rings. The van der Waals surface area contributed by atoms with E-state index in [0.29, 0.717) is 22.7 Å². The van der Waals surface area contributed by atoms with Crippen molar-refractivity contribution in [2.45, 2.75) is 45.4 Å². The van der Waals surface area contributed by atoms with E-state index in [1.165, 1.54) is 0 Å². The van der Waals surface area contributed by atoms with Gasteiger partial charge in [0.15, 0.2) is 0 Å². The molecule has 2 fully saturated rings. The number of nitrogens with one attached hydrogen (secondary N) is 2. The van der Waals surface area contributed by atoms with Crippen LogP contribution >= 0.6 is 0 Å². The second kappa shape index (κ2) is 9.96. The van der Waals surface area contributed by atoms with E-state index < -0.39 is 10.0 Å². The highest BCUT2D eigenvalue weighted by Gasteiger charge is 2.26. The number of amides is 1. The highest BCUT2D eigenvalue weighted by molar-refractivity contribution is 7.92. The summed E-state index contributed by atoms with van der Waals surface area (Å²) in [7, 11) is -3.84. The summed E-state index contributed by atoms with van der Waals surface area (Å²) in [6, 6.07) is 9.06. The van der Waals surface area contributed by atoms with Crippen LogP contribution in [0.15, 0.2) is 35.2 Å². The third kappa shape index (κ3) is 5.23. The van der Waals surface area contributed by atoms with Crippen molar-refractivity contribution in [3.63, 3.8) is 0 Å². The fraction of sp³-hybridized carbons (Fsp3) is 0.500. The summed E-state index contributed by atoms with van der Waals surface area (Å²) >= 11 is 0. The second-order valence-electron chi connectivity index (χ2n) is 9.78. The van der Waals surface area contributed by atoms with Gasteiger partial charge in [-0.05, 0) is 80.5 Å². The number of aryl methyl sites for hydroxylation is 3. The molecule has 2 aliphatic rings. The number of nitrogens with zero attached hydrogens (tertiary/aromatic N) is 2. The van der Waals surface area contributed by atoms with Crippen LogP contribution in [0.25, 0.3) is 0 Å². The molecule has 0 aliphatic carbocycles. The smallest absolute Gasteiger partial charge is 0.262 e. The Balaban J connectivity index is 1.71. The molecule has 0 spiro atoms. The number of carbonyl (C=O) groups excluding carboxylic acids is 1. The quantitative estimate of drug-likeness (QED) is 0.676. The Morgan fingerprint density at radius 1 is 1.00 bits per heavy atom. The topological polar surface area (TPSA) is 81.8 Å². The van der Waals surface area contributed by atoms with Crippen LogP contribution in [0.1, 0.15) is 46.8 Å². The molecule has 7 nitrogen and oxygen atoms in total. The zero-order valence-electron chi connectivity index (χ0n) is 20.6. The molecule has 1 amide bonds. The van der Waals surface area contributed by atoms with Gasteiger partial charge in [-0.1, -0.05) is 13.0 Å². The van der Waals surface area contributed by atoms with Crippen LogP contribution in [0.5, 0.6) is 0 Å². The van der Waals surface area contributed by atoms with Gasteiger partial charge in [0, 0.05) is 44.8 Å². The summed E-state index contributed by atoms with van der Waals surface area (Å²) in [5.41, 5.74) is 4.46. The minimum absolute atomic E-state index is 0.0405. The van der Waals surface area contributed by atoms with Crippen LogP contribution in [0, 0.1) is 26.7 Å². The first-order valence-corrected chi connectivity index (χ1v) is 13.6. The lowest BCUT2D eigenvalue weighted by molar-refractivity contribution is 0.0683. The molecule has 0 saturated carbocycles. The van der Waals surface area contributed by atoms with Crippen molar-refractivity contribution in [2.24, 2.45) is 5.92 Å². The molecule has 2 saturated heterocycles. The number of anilines is 2. The highest BCUT2D eigenvalue weighted by atomic mass is 32.2. The number of piperazine rings is 1. The number of hydrogen-bond acceptors (Lipinski definition) is 5. The lowest BCUT2D eigenvalue weighted by Crippen LogP contribution is -2.44. The predicted molar refractivity (Wildman–Crippen MR) is 137 cm³/mol. The molecule has 0 bridgehead atoms. The summed E-state index contributed by atoms with van der Waals surface area (Å²) in [5, 5.41) is 3.33. The number of piperidine rings is 1. The molecule has 1 atom stereocenters. The summed E-state index contributed by atoms with van der Waals surface area (Å²) in [6.45, 7) is 12.6. The number of benzene rings is 2. The average Bonchev–Trinajstić information content (AvgIpc) is 2.81. The van der Waals surface area contributed by atoms with Crippen molar-refractivity contribution in [1.29, 1.82) is 0 Å². The molecule has 2 aromatic carbocycles. The molecule has 34 heavy (non-hydrogen) atoms. The van der Waals surface area contributed by atoms with Crippen molar-refractivity contribution in [2.75, 3.05) is 48.9 Å². The van der Waals surface area contributed by atoms with Gasteiger partial charge >= 0.3 is 0 Å². The van der Waals surface area contributed by atoms with E-state index in [1.54, 1.807) is 12.1 Å². The summed E-state index contributed by atoms with van der Waals surface area (Å²) < 4.78 is 29.9. The number of sulfonamides is 1. The SMILES string of the molecule is Cc1cc(C)c(S(=O)(=O)Nc2cc(C(=O)N3CCC[C@@H](C)C3)ccc2N2CCNCC2)cc1C. The average molecular weight is 485 g/mol. The first kappa shape index (κ1) is 24.5. The normalized spacial score (nSPS) is 19.2. The summed E-state index contributed by atoms with van der Waals surface area (Å²) in [6.07, 6.45) is 2.13. The zero-order chi connectivity index (χ0) is 24.5. The largest absolute Gasteiger partial charge is 0.367 e. The Morgan fingerprint density at radius 2 is 1.71 bits per heavy atom. The van der Waals surface area contributed by atoms with Crippen molar-refractivity contribution in [1.82, 2.24) is 10.2 Å². The molecule has 0 unspecified atom stereocenters. The Bertz CT molecular complexity index is 1170. The van der Waals surface area contributed by atoms with Gasteiger partial charge in [-0.2, -0.15) is 0 Å². The van der Waals surface area contributed by atoms with E-state index >= 15 is 0 Å². The Kier molecular flexibility index (Phi) is 7.19. The van der Waals surface area contributed by atoms with Crippen LogP contribution in [-0.4, -0.2) is 58.5 Å². The molecule has 2 aliphatic heterocycles. The molecule has 2 heterocycles. The van der Waals surface area contributed by atoms with E-state index in [-0.39, 0.29) is 10.8 Å². The standard InChI is InChI=1S/C26H36N4O3S/c1-18-6-5-11-30(17-18)26(31)22-7-8-24(29-12-9-27-10-13-29)23(16-22)28-34(32,33)25-15-20(3)19(2)14-21(25)4/h7-8,14-16,18,27-28H,5-6,9-13,17H2,1-4H3/t18-/m1/s1. The van der Waals surface area contributed by atoms with Gasteiger partial charge in [0.1, 0.15) is 0 Å². The minimum atomic E-state index is -3.84. The number of carbonyl (C=O) groups is 1. The lowest BCUT2D eigenvalue weighted by Gasteiger charge is -2.33. The van der Waals surface area contributed by atoms with Crippen molar-refractivity contribution >= 4 is 27.3 Å². The molecule has 2 N–H and O–H groups in total. The molecule has 184 valence electrons. The molecular weight excluding hydrogens is 448 g/mol. The zero-order valence-corrected chi connectivity index (χ0v) is 21.5. The van der Waals surface area contributed by atoms with Crippen molar-refractivity contribution in [3.8, 4) is 0 Å². The van der Waals surface area contributed by atoms with Gasteiger partial charge in [-0.25, -0.2) is 8.42 Å². The molecule has 8 heteroatoms.